The fraction of sp³-hybridized carbons (Fsp3) is 0.267. The van der Waals surface area contributed by atoms with Crippen LogP contribution in [0.3, 0.4) is 0 Å². The standard InChI is InChI=1S/C15H15NO3S/c17-9-2-1-4-12-7-11-20-14(12)15(18)16-8-6-13-5-3-10-19-13/h3,5,7,10-11,17H,2,6,8-9H2,(H,16,18). The monoisotopic (exact) mass is 289 g/mol. The lowest BCUT2D eigenvalue weighted by molar-refractivity contribution is 0.0957. The number of hydrogen-bond acceptors (Lipinski definition) is 4. The quantitative estimate of drug-likeness (QED) is 0.828. The molecule has 0 aliphatic carbocycles. The predicted octanol–water partition coefficient (Wildman–Crippen LogP) is 2.05. The third-order valence-electron chi connectivity index (χ3n) is 2.57. The molecule has 0 saturated carbocycles. The first-order valence-electron chi connectivity index (χ1n) is 6.29. The first kappa shape index (κ1) is 14.4. The summed E-state index contributed by atoms with van der Waals surface area (Å²) in [5, 5.41) is 13.4. The molecule has 2 heterocycles. The second-order valence-electron chi connectivity index (χ2n) is 4.02. The molecular weight excluding hydrogens is 274 g/mol. The van der Waals surface area contributed by atoms with E-state index in [0.717, 1.165) is 5.76 Å². The van der Waals surface area contributed by atoms with Gasteiger partial charge in [-0.2, -0.15) is 0 Å². The summed E-state index contributed by atoms with van der Waals surface area (Å²) in [6.45, 7) is 0.551. The Morgan fingerprint density at radius 3 is 3.10 bits per heavy atom. The molecule has 104 valence electrons. The van der Waals surface area contributed by atoms with Crippen molar-refractivity contribution in [3.63, 3.8) is 0 Å². The van der Waals surface area contributed by atoms with Gasteiger partial charge < -0.3 is 14.8 Å². The van der Waals surface area contributed by atoms with E-state index in [-0.39, 0.29) is 12.5 Å². The van der Waals surface area contributed by atoms with E-state index in [0.29, 0.717) is 29.8 Å². The van der Waals surface area contributed by atoms with Crippen LogP contribution < -0.4 is 5.32 Å². The van der Waals surface area contributed by atoms with Gasteiger partial charge in [-0.05, 0) is 23.6 Å². The molecular formula is C15H15NO3S. The molecule has 0 atom stereocenters. The van der Waals surface area contributed by atoms with E-state index >= 15 is 0 Å². The van der Waals surface area contributed by atoms with Gasteiger partial charge in [0, 0.05) is 24.9 Å². The smallest absolute Gasteiger partial charge is 0.262 e. The minimum atomic E-state index is -0.125. The number of furan rings is 1. The highest BCUT2D eigenvalue weighted by molar-refractivity contribution is 7.12. The van der Waals surface area contributed by atoms with Crippen molar-refractivity contribution in [1.82, 2.24) is 5.32 Å². The molecule has 5 heteroatoms. The lowest BCUT2D eigenvalue weighted by Crippen LogP contribution is -2.25. The molecule has 0 unspecified atom stereocenters. The van der Waals surface area contributed by atoms with Gasteiger partial charge in [0.1, 0.15) is 10.6 Å². The predicted molar refractivity (Wildman–Crippen MR) is 77.6 cm³/mol. The number of carbonyl (C=O) groups is 1. The topological polar surface area (TPSA) is 62.5 Å². The van der Waals surface area contributed by atoms with E-state index in [2.05, 4.69) is 17.2 Å². The fourth-order valence-electron chi connectivity index (χ4n) is 1.63. The summed E-state index contributed by atoms with van der Waals surface area (Å²) in [5.74, 6) is 6.44. The Balaban J connectivity index is 1.89. The molecule has 0 spiro atoms. The molecule has 0 fully saturated rings. The van der Waals surface area contributed by atoms with Gasteiger partial charge in [-0.3, -0.25) is 4.79 Å². The number of amides is 1. The van der Waals surface area contributed by atoms with Crippen molar-refractivity contribution in [2.24, 2.45) is 0 Å². The second-order valence-corrected chi connectivity index (χ2v) is 4.94. The maximum absolute atomic E-state index is 12.0. The fourth-order valence-corrected chi connectivity index (χ4v) is 2.40. The minimum Gasteiger partial charge on any atom is -0.469 e. The Kier molecular flexibility index (Phi) is 5.42. The van der Waals surface area contributed by atoms with E-state index in [9.17, 15) is 4.79 Å². The lowest BCUT2D eigenvalue weighted by atomic mass is 10.2. The summed E-state index contributed by atoms with van der Waals surface area (Å²) >= 11 is 1.36. The van der Waals surface area contributed by atoms with Crippen molar-refractivity contribution in [3.05, 3.63) is 46.0 Å². The van der Waals surface area contributed by atoms with Crippen molar-refractivity contribution < 1.29 is 14.3 Å². The van der Waals surface area contributed by atoms with E-state index in [4.69, 9.17) is 9.52 Å². The Morgan fingerprint density at radius 2 is 2.35 bits per heavy atom. The molecule has 2 rings (SSSR count). The molecule has 0 aliphatic heterocycles. The number of hydrogen-bond donors (Lipinski definition) is 2. The van der Waals surface area contributed by atoms with Gasteiger partial charge in [0.15, 0.2) is 0 Å². The van der Waals surface area contributed by atoms with Gasteiger partial charge in [0.2, 0.25) is 0 Å². The van der Waals surface area contributed by atoms with Crippen LogP contribution in [-0.4, -0.2) is 24.2 Å². The van der Waals surface area contributed by atoms with Crippen LogP contribution in [0, 0.1) is 11.8 Å². The first-order chi connectivity index (χ1) is 9.81. The summed E-state index contributed by atoms with van der Waals surface area (Å²) in [5.41, 5.74) is 0.707. The Labute approximate surface area is 121 Å². The Bertz CT molecular complexity index is 605. The second kappa shape index (κ2) is 7.53. The summed E-state index contributed by atoms with van der Waals surface area (Å²) in [7, 11) is 0. The van der Waals surface area contributed by atoms with Crippen LogP contribution in [0.5, 0.6) is 0 Å². The minimum absolute atomic E-state index is 0.0296. The third kappa shape index (κ3) is 3.98. The van der Waals surface area contributed by atoms with Crippen LogP contribution >= 0.6 is 11.3 Å². The number of carbonyl (C=O) groups excluding carboxylic acids is 1. The highest BCUT2D eigenvalue weighted by Crippen LogP contribution is 2.15. The van der Waals surface area contributed by atoms with Gasteiger partial charge in [-0.1, -0.05) is 11.8 Å². The number of nitrogens with one attached hydrogen (secondary N) is 1. The van der Waals surface area contributed by atoms with Crippen LogP contribution in [0.2, 0.25) is 0 Å². The Hall–Kier alpha value is -2.03. The van der Waals surface area contributed by atoms with Gasteiger partial charge in [0.25, 0.3) is 5.91 Å². The van der Waals surface area contributed by atoms with Crippen molar-refractivity contribution in [2.45, 2.75) is 12.8 Å². The lowest BCUT2D eigenvalue weighted by Gasteiger charge is -2.02. The van der Waals surface area contributed by atoms with E-state index in [1.54, 1.807) is 6.26 Å². The molecule has 0 aromatic carbocycles. The molecule has 20 heavy (non-hydrogen) atoms. The molecule has 0 bridgehead atoms. The van der Waals surface area contributed by atoms with Crippen LogP contribution in [-0.2, 0) is 6.42 Å². The van der Waals surface area contributed by atoms with Crippen molar-refractivity contribution >= 4 is 17.2 Å². The molecule has 0 aliphatic rings. The molecule has 2 N–H and O–H groups in total. The number of thiophene rings is 1. The maximum Gasteiger partial charge on any atom is 0.262 e. The molecule has 1 amide bonds. The van der Waals surface area contributed by atoms with Gasteiger partial charge in [-0.15, -0.1) is 11.3 Å². The number of rotatable bonds is 5. The van der Waals surface area contributed by atoms with Crippen LogP contribution in [0.4, 0.5) is 0 Å². The zero-order valence-electron chi connectivity index (χ0n) is 10.9. The Morgan fingerprint density at radius 1 is 1.45 bits per heavy atom. The summed E-state index contributed by atoms with van der Waals surface area (Å²) in [6.07, 6.45) is 2.69. The molecule has 0 saturated heterocycles. The normalized spacial score (nSPS) is 9.85. The highest BCUT2D eigenvalue weighted by Gasteiger charge is 2.11. The average molecular weight is 289 g/mol. The van der Waals surface area contributed by atoms with Crippen LogP contribution in [0.1, 0.15) is 27.4 Å². The number of aliphatic hydroxyl groups excluding tert-OH is 1. The van der Waals surface area contributed by atoms with Crippen LogP contribution in [0.15, 0.2) is 34.3 Å². The van der Waals surface area contributed by atoms with Crippen molar-refractivity contribution in [2.75, 3.05) is 13.2 Å². The molecule has 2 aromatic heterocycles. The largest absolute Gasteiger partial charge is 0.469 e. The summed E-state index contributed by atoms with van der Waals surface area (Å²) < 4.78 is 5.20. The zero-order valence-corrected chi connectivity index (χ0v) is 11.7. The van der Waals surface area contributed by atoms with Gasteiger partial charge in [0.05, 0.1) is 12.9 Å². The average Bonchev–Trinajstić information content (AvgIpc) is 3.10. The van der Waals surface area contributed by atoms with Crippen molar-refractivity contribution in [3.8, 4) is 11.8 Å². The SMILES string of the molecule is O=C(NCCc1ccco1)c1sccc1C#CCCO. The van der Waals surface area contributed by atoms with Crippen LogP contribution in [0.25, 0.3) is 0 Å². The molecule has 0 radical (unpaired) electrons. The third-order valence-corrected chi connectivity index (χ3v) is 3.48. The number of aliphatic hydroxyl groups is 1. The zero-order chi connectivity index (χ0) is 14.2. The van der Waals surface area contributed by atoms with E-state index in [1.165, 1.54) is 11.3 Å². The first-order valence-corrected chi connectivity index (χ1v) is 7.17. The maximum atomic E-state index is 12.0. The van der Waals surface area contributed by atoms with Crippen molar-refractivity contribution in [1.29, 1.82) is 0 Å². The van der Waals surface area contributed by atoms with Gasteiger partial charge >= 0.3 is 0 Å². The molecule has 2 aromatic rings. The summed E-state index contributed by atoms with van der Waals surface area (Å²) in [4.78, 5) is 12.6. The van der Waals surface area contributed by atoms with E-state index in [1.807, 2.05) is 23.6 Å². The van der Waals surface area contributed by atoms with Gasteiger partial charge in [-0.25, -0.2) is 0 Å². The molecule has 4 nitrogen and oxygen atoms in total. The highest BCUT2D eigenvalue weighted by atomic mass is 32.1. The van der Waals surface area contributed by atoms with E-state index < -0.39 is 0 Å². The summed E-state index contributed by atoms with van der Waals surface area (Å²) in [6, 6.07) is 5.52.